The van der Waals surface area contributed by atoms with Crippen molar-refractivity contribution in [1.82, 2.24) is 0 Å². The maximum absolute atomic E-state index is 4.06. The summed E-state index contributed by atoms with van der Waals surface area (Å²) in [6, 6.07) is 0. The molecule has 3 atom stereocenters. The molecule has 0 aromatic carbocycles. The van der Waals surface area contributed by atoms with E-state index in [1.807, 2.05) is 0 Å². The summed E-state index contributed by atoms with van der Waals surface area (Å²) in [6.07, 6.45) is 23.2. The molecule has 0 heterocycles. The molecule has 0 heteroatoms. The Labute approximate surface area is 147 Å². The molecule has 0 radical (unpaired) electrons. The molecule has 0 aromatic heterocycles. The number of allylic oxidation sites excluding steroid dienone is 3. The molecule has 0 rings (SSSR count). The second kappa shape index (κ2) is 16.3. The van der Waals surface area contributed by atoms with Gasteiger partial charge in [0.15, 0.2) is 0 Å². The van der Waals surface area contributed by atoms with E-state index in [1.165, 1.54) is 77.0 Å². The van der Waals surface area contributed by atoms with Crippen LogP contribution in [0.1, 0.15) is 105 Å². The summed E-state index contributed by atoms with van der Waals surface area (Å²) in [4.78, 5) is 0. The molecule has 0 fully saturated rings. The van der Waals surface area contributed by atoms with Gasteiger partial charge in [-0.25, -0.2) is 0 Å². The van der Waals surface area contributed by atoms with Crippen molar-refractivity contribution in [1.29, 1.82) is 0 Å². The van der Waals surface area contributed by atoms with Crippen molar-refractivity contribution in [3.8, 4) is 0 Å². The van der Waals surface area contributed by atoms with Gasteiger partial charge in [0.1, 0.15) is 0 Å². The van der Waals surface area contributed by atoms with Crippen molar-refractivity contribution in [2.75, 3.05) is 0 Å². The van der Waals surface area contributed by atoms with E-state index in [0.717, 1.165) is 17.8 Å². The lowest BCUT2D eigenvalue weighted by Gasteiger charge is -2.14. The second-order valence-electron chi connectivity index (χ2n) is 7.63. The molecular weight excluding hydrogens is 276 g/mol. The lowest BCUT2D eigenvalue weighted by molar-refractivity contribution is 0.439. The Morgan fingerprint density at radius 2 is 1.52 bits per heavy atom. The molecule has 136 valence electrons. The zero-order valence-corrected chi connectivity index (χ0v) is 16.7. The summed E-state index contributed by atoms with van der Waals surface area (Å²) >= 11 is 0. The first-order valence-electron chi connectivity index (χ1n) is 10.4. The van der Waals surface area contributed by atoms with E-state index in [9.17, 15) is 0 Å². The molecular formula is C23H44. The second-order valence-corrected chi connectivity index (χ2v) is 7.63. The van der Waals surface area contributed by atoms with E-state index in [-0.39, 0.29) is 0 Å². The zero-order valence-electron chi connectivity index (χ0n) is 16.7. The van der Waals surface area contributed by atoms with Gasteiger partial charge in [-0.3, -0.25) is 0 Å². The molecule has 0 bridgehead atoms. The van der Waals surface area contributed by atoms with Gasteiger partial charge < -0.3 is 0 Å². The van der Waals surface area contributed by atoms with Gasteiger partial charge in [0, 0.05) is 0 Å². The fourth-order valence-corrected chi connectivity index (χ4v) is 3.11. The maximum atomic E-state index is 4.06. The average Bonchev–Trinajstić information content (AvgIpc) is 2.56. The summed E-state index contributed by atoms with van der Waals surface area (Å²) < 4.78 is 0. The molecule has 0 spiro atoms. The van der Waals surface area contributed by atoms with Gasteiger partial charge in [0.05, 0.1) is 0 Å². The lowest BCUT2D eigenvalue weighted by atomic mass is 9.92. The first-order valence-corrected chi connectivity index (χ1v) is 10.4. The monoisotopic (exact) mass is 320 g/mol. The van der Waals surface area contributed by atoms with Crippen LogP contribution in [0.4, 0.5) is 0 Å². The molecule has 0 nitrogen and oxygen atoms in total. The Bertz CT molecular complexity index is 276. The van der Waals surface area contributed by atoms with E-state index in [1.54, 1.807) is 0 Å². The minimum atomic E-state index is 0.743. The first kappa shape index (κ1) is 22.5. The van der Waals surface area contributed by atoms with Gasteiger partial charge in [-0.2, -0.15) is 0 Å². The molecule has 0 amide bonds. The van der Waals surface area contributed by atoms with Crippen LogP contribution in [0.2, 0.25) is 0 Å². The van der Waals surface area contributed by atoms with E-state index < -0.39 is 0 Å². The third-order valence-corrected chi connectivity index (χ3v) is 5.23. The molecule has 3 unspecified atom stereocenters. The van der Waals surface area contributed by atoms with Crippen molar-refractivity contribution >= 4 is 0 Å². The summed E-state index contributed by atoms with van der Waals surface area (Å²) in [5, 5.41) is 0. The van der Waals surface area contributed by atoms with Crippen LogP contribution in [0.3, 0.4) is 0 Å². The summed E-state index contributed by atoms with van der Waals surface area (Å²) in [5.41, 5.74) is 0. The highest BCUT2D eigenvalue weighted by Gasteiger charge is 2.06. The average molecular weight is 321 g/mol. The minimum absolute atomic E-state index is 0.743. The van der Waals surface area contributed by atoms with Crippen molar-refractivity contribution < 1.29 is 0 Å². The molecule has 0 saturated carbocycles. The smallest absolute Gasteiger partial charge is 0.0236 e. The fourth-order valence-electron chi connectivity index (χ4n) is 3.11. The van der Waals surface area contributed by atoms with Crippen molar-refractivity contribution in [3.05, 3.63) is 24.8 Å². The summed E-state index contributed by atoms with van der Waals surface area (Å²) in [5.74, 6) is 2.40. The zero-order chi connectivity index (χ0) is 17.3. The van der Waals surface area contributed by atoms with Crippen LogP contribution in [-0.4, -0.2) is 0 Å². The Kier molecular flexibility index (Phi) is 16.0. The van der Waals surface area contributed by atoms with Crippen molar-refractivity contribution in [2.24, 2.45) is 17.8 Å². The Hall–Kier alpha value is -0.520. The number of rotatable bonds is 16. The largest absolute Gasteiger partial charge is 0.103 e. The van der Waals surface area contributed by atoms with E-state index >= 15 is 0 Å². The maximum Gasteiger partial charge on any atom is -0.0236 e. The van der Waals surface area contributed by atoms with Crippen LogP contribution in [0.15, 0.2) is 24.8 Å². The van der Waals surface area contributed by atoms with Gasteiger partial charge in [0.25, 0.3) is 0 Å². The highest BCUT2D eigenvalue weighted by molar-refractivity contribution is 4.87. The van der Waals surface area contributed by atoms with Crippen LogP contribution in [0, 0.1) is 17.8 Å². The van der Waals surface area contributed by atoms with Crippen LogP contribution in [0.5, 0.6) is 0 Å². The standard InChI is InChI=1S/C23H44/c1-6-9-10-12-17-22(5)18-15-20-23(8-3)19-14-11-13-16-21(4)7-2/h8,12,17,21-23H,3,6-7,9-11,13-16,18-20H2,1-2,4-5H3. The molecule has 0 aromatic rings. The third-order valence-electron chi connectivity index (χ3n) is 5.23. The van der Waals surface area contributed by atoms with Crippen LogP contribution < -0.4 is 0 Å². The molecule has 23 heavy (non-hydrogen) atoms. The Morgan fingerprint density at radius 1 is 0.826 bits per heavy atom. The third kappa shape index (κ3) is 14.8. The molecule has 0 aliphatic carbocycles. The van der Waals surface area contributed by atoms with E-state index in [4.69, 9.17) is 0 Å². The van der Waals surface area contributed by atoms with Gasteiger partial charge in [0.2, 0.25) is 0 Å². The molecule has 0 aliphatic heterocycles. The minimum Gasteiger partial charge on any atom is -0.103 e. The summed E-state index contributed by atoms with van der Waals surface area (Å²) in [7, 11) is 0. The summed E-state index contributed by atoms with van der Waals surface area (Å²) in [6.45, 7) is 13.4. The number of hydrogen-bond donors (Lipinski definition) is 0. The van der Waals surface area contributed by atoms with Gasteiger partial charge >= 0.3 is 0 Å². The van der Waals surface area contributed by atoms with Crippen LogP contribution in [-0.2, 0) is 0 Å². The lowest BCUT2D eigenvalue weighted by Crippen LogP contribution is -1.99. The van der Waals surface area contributed by atoms with Gasteiger partial charge in [-0.05, 0) is 43.4 Å². The molecule has 0 saturated heterocycles. The van der Waals surface area contributed by atoms with E-state index in [2.05, 4.69) is 52.5 Å². The number of hydrogen-bond acceptors (Lipinski definition) is 0. The molecule has 0 aliphatic rings. The SMILES string of the molecule is C=CC(CCCCCC(C)CC)CCCC(C)C=CCCCC. The van der Waals surface area contributed by atoms with Crippen molar-refractivity contribution in [2.45, 2.75) is 105 Å². The predicted molar refractivity (Wildman–Crippen MR) is 108 cm³/mol. The Balaban J connectivity index is 3.65. The quantitative estimate of drug-likeness (QED) is 0.198. The van der Waals surface area contributed by atoms with Gasteiger partial charge in [-0.15, -0.1) is 6.58 Å². The van der Waals surface area contributed by atoms with Crippen molar-refractivity contribution in [3.63, 3.8) is 0 Å². The van der Waals surface area contributed by atoms with Crippen LogP contribution in [0.25, 0.3) is 0 Å². The topological polar surface area (TPSA) is 0 Å². The molecule has 0 N–H and O–H groups in total. The fraction of sp³-hybridized carbons (Fsp3) is 0.826. The normalized spacial score (nSPS) is 15.7. The predicted octanol–water partition coefficient (Wildman–Crippen LogP) is 8.34. The highest BCUT2D eigenvalue weighted by atomic mass is 14.1. The Morgan fingerprint density at radius 3 is 2.17 bits per heavy atom. The van der Waals surface area contributed by atoms with E-state index in [0.29, 0.717) is 0 Å². The number of unbranched alkanes of at least 4 members (excludes halogenated alkanes) is 4. The highest BCUT2D eigenvalue weighted by Crippen LogP contribution is 2.21. The first-order chi connectivity index (χ1) is 11.1. The van der Waals surface area contributed by atoms with Crippen LogP contribution >= 0.6 is 0 Å². The van der Waals surface area contributed by atoms with Gasteiger partial charge in [-0.1, -0.05) is 97.3 Å².